The monoisotopic (exact) mass is 328 g/mol. The van der Waals surface area contributed by atoms with Crippen molar-refractivity contribution in [3.8, 4) is 11.5 Å². The zero-order valence-electron chi connectivity index (χ0n) is 14.2. The van der Waals surface area contributed by atoms with Gasteiger partial charge in [0.15, 0.2) is 5.76 Å². The molecule has 0 aromatic carbocycles. The third kappa shape index (κ3) is 3.36. The number of furan rings is 1. The van der Waals surface area contributed by atoms with Gasteiger partial charge in [-0.25, -0.2) is 4.98 Å². The highest BCUT2D eigenvalue weighted by Gasteiger charge is 2.27. The Morgan fingerprint density at radius 2 is 2.04 bits per heavy atom. The molecule has 0 bridgehead atoms. The number of pyridine rings is 1. The summed E-state index contributed by atoms with van der Waals surface area (Å²) in [5, 5.41) is 9.25. The maximum atomic E-state index is 12.8. The topological polar surface area (TPSA) is 66.6 Å². The average molecular weight is 328 g/mol. The van der Waals surface area contributed by atoms with Crippen LogP contribution < -0.4 is 0 Å². The number of nitrogens with zero attached hydrogens (tertiary/aromatic N) is 2. The Kier molecular flexibility index (Phi) is 5.00. The Morgan fingerprint density at radius 1 is 1.29 bits per heavy atom. The quantitative estimate of drug-likeness (QED) is 0.935. The first-order chi connectivity index (χ1) is 11.6. The number of aryl methyl sites for hydroxylation is 1. The van der Waals surface area contributed by atoms with Crippen molar-refractivity contribution < 1.29 is 14.3 Å². The van der Waals surface area contributed by atoms with Crippen molar-refractivity contribution in [1.82, 2.24) is 9.88 Å². The molecule has 24 heavy (non-hydrogen) atoms. The van der Waals surface area contributed by atoms with Gasteiger partial charge in [-0.05, 0) is 62.8 Å². The second-order valence-corrected chi connectivity index (χ2v) is 6.58. The Labute approximate surface area is 142 Å². The van der Waals surface area contributed by atoms with Crippen molar-refractivity contribution in [3.63, 3.8) is 0 Å². The van der Waals surface area contributed by atoms with Crippen molar-refractivity contribution in [2.45, 2.75) is 38.6 Å². The van der Waals surface area contributed by atoms with E-state index in [0.717, 1.165) is 31.4 Å². The van der Waals surface area contributed by atoms with E-state index in [1.54, 1.807) is 6.26 Å². The summed E-state index contributed by atoms with van der Waals surface area (Å²) in [5.74, 6) is 1.10. The third-order valence-corrected chi connectivity index (χ3v) is 5.03. The van der Waals surface area contributed by atoms with Gasteiger partial charge in [0.25, 0.3) is 5.91 Å². The lowest BCUT2D eigenvalue weighted by Crippen LogP contribution is -2.40. The summed E-state index contributed by atoms with van der Waals surface area (Å²) in [6, 6.07) is 7.58. The van der Waals surface area contributed by atoms with Crippen LogP contribution in [0.5, 0.6) is 0 Å². The lowest BCUT2D eigenvalue weighted by atomic mass is 9.86. The molecular formula is C19H24N2O3. The first-order valence-electron chi connectivity index (χ1n) is 8.49. The number of hydrogen-bond donors (Lipinski definition) is 1. The minimum atomic E-state index is 0.0124. The molecule has 0 unspecified atom stereocenters. The molecule has 2 aromatic heterocycles. The van der Waals surface area contributed by atoms with E-state index >= 15 is 0 Å². The van der Waals surface area contributed by atoms with Crippen molar-refractivity contribution in [3.05, 3.63) is 41.8 Å². The molecule has 0 atom stereocenters. The Balaban J connectivity index is 1.73. The molecule has 128 valence electrons. The minimum Gasteiger partial charge on any atom is -0.463 e. The summed E-state index contributed by atoms with van der Waals surface area (Å²) < 4.78 is 5.36. The first kappa shape index (κ1) is 16.7. The van der Waals surface area contributed by atoms with E-state index in [-0.39, 0.29) is 18.6 Å². The normalized spacial score (nSPS) is 20.8. The molecule has 2 heterocycles. The van der Waals surface area contributed by atoms with Crippen LogP contribution in [0.3, 0.4) is 0 Å². The third-order valence-electron chi connectivity index (χ3n) is 5.03. The minimum absolute atomic E-state index is 0.0124. The molecule has 0 radical (unpaired) electrons. The predicted octanol–water partition coefficient (Wildman–Crippen LogP) is 3.27. The van der Waals surface area contributed by atoms with Gasteiger partial charge in [-0.15, -0.1) is 0 Å². The number of aromatic nitrogens is 1. The molecule has 0 aliphatic heterocycles. The van der Waals surface area contributed by atoms with Gasteiger partial charge in [0.05, 0.1) is 17.5 Å². The fourth-order valence-corrected chi connectivity index (χ4v) is 3.42. The maximum Gasteiger partial charge on any atom is 0.255 e. The van der Waals surface area contributed by atoms with Gasteiger partial charge in [-0.3, -0.25) is 4.79 Å². The zero-order chi connectivity index (χ0) is 17.1. The van der Waals surface area contributed by atoms with Gasteiger partial charge in [0.2, 0.25) is 0 Å². The summed E-state index contributed by atoms with van der Waals surface area (Å²) in [4.78, 5) is 19.2. The van der Waals surface area contributed by atoms with E-state index in [4.69, 9.17) is 4.42 Å². The molecular weight excluding hydrogens is 304 g/mol. The maximum absolute atomic E-state index is 12.8. The fraction of sp³-hybridized carbons (Fsp3) is 0.474. The van der Waals surface area contributed by atoms with Crippen LogP contribution in [0.2, 0.25) is 0 Å². The number of hydrogen-bond acceptors (Lipinski definition) is 4. The van der Waals surface area contributed by atoms with E-state index in [0.29, 0.717) is 22.9 Å². The lowest BCUT2D eigenvalue weighted by molar-refractivity contribution is 0.0651. The number of aliphatic hydroxyl groups excluding tert-OH is 1. The van der Waals surface area contributed by atoms with Crippen molar-refractivity contribution in [2.75, 3.05) is 13.7 Å². The molecule has 1 amide bonds. The molecule has 0 saturated heterocycles. The highest BCUT2D eigenvalue weighted by molar-refractivity contribution is 5.95. The van der Waals surface area contributed by atoms with Crippen LogP contribution in [-0.4, -0.2) is 40.6 Å². The van der Waals surface area contributed by atoms with Crippen LogP contribution in [0.25, 0.3) is 11.5 Å². The highest BCUT2D eigenvalue weighted by Crippen LogP contribution is 2.28. The van der Waals surface area contributed by atoms with E-state index in [2.05, 4.69) is 4.98 Å². The average Bonchev–Trinajstić information content (AvgIpc) is 3.15. The van der Waals surface area contributed by atoms with Crippen molar-refractivity contribution >= 4 is 5.91 Å². The summed E-state index contributed by atoms with van der Waals surface area (Å²) in [6.07, 6.45) is 5.47. The second kappa shape index (κ2) is 7.18. The number of carbonyl (C=O) groups excluding carboxylic acids is 1. The van der Waals surface area contributed by atoms with Crippen LogP contribution in [0.1, 0.15) is 41.7 Å². The van der Waals surface area contributed by atoms with Crippen LogP contribution in [0.15, 0.2) is 34.9 Å². The number of rotatable bonds is 4. The van der Waals surface area contributed by atoms with Crippen LogP contribution in [0.4, 0.5) is 0 Å². The second-order valence-electron chi connectivity index (χ2n) is 6.58. The fourth-order valence-electron chi connectivity index (χ4n) is 3.42. The van der Waals surface area contributed by atoms with Gasteiger partial charge in [-0.1, -0.05) is 0 Å². The number of aliphatic hydroxyl groups is 1. The molecule has 1 aliphatic rings. The van der Waals surface area contributed by atoms with Crippen LogP contribution >= 0.6 is 0 Å². The number of amides is 1. The van der Waals surface area contributed by atoms with Crippen LogP contribution in [0, 0.1) is 12.8 Å². The molecule has 5 heteroatoms. The Hall–Kier alpha value is -2.14. The summed E-state index contributed by atoms with van der Waals surface area (Å²) in [5.41, 5.74) is 2.09. The lowest BCUT2D eigenvalue weighted by Gasteiger charge is -2.34. The van der Waals surface area contributed by atoms with E-state index in [9.17, 15) is 9.90 Å². The van der Waals surface area contributed by atoms with E-state index in [1.807, 2.05) is 43.1 Å². The zero-order valence-corrected chi connectivity index (χ0v) is 14.2. The highest BCUT2D eigenvalue weighted by atomic mass is 16.3. The molecule has 1 fully saturated rings. The van der Waals surface area contributed by atoms with Crippen molar-refractivity contribution in [1.29, 1.82) is 0 Å². The Morgan fingerprint density at radius 3 is 2.62 bits per heavy atom. The molecule has 5 nitrogen and oxygen atoms in total. The van der Waals surface area contributed by atoms with Gasteiger partial charge in [0, 0.05) is 19.7 Å². The molecule has 1 N–H and O–H groups in total. The molecule has 1 aliphatic carbocycles. The summed E-state index contributed by atoms with van der Waals surface area (Å²) >= 11 is 0. The molecule has 1 saturated carbocycles. The van der Waals surface area contributed by atoms with Crippen LogP contribution in [-0.2, 0) is 0 Å². The summed E-state index contributed by atoms with van der Waals surface area (Å²) in [6.45, 7) is 2.11. The van der Waals surface area contributed by atoms with E-state index < -0.39 is 0 Å². The summed E-state index contributed by atoms with van der Waals surface area (Å²) in [7, 11) is 1.87. The van der Waals surface area contributed by atoms with Crippen molar-refractivity contribution in [2.24, 2.45) is 5.92 Å². The Bertz CT molecular complexity index is 689. The van der Waals surface area contributed by atoms with Gasteiger partial charge >= 0.3 is 0 Å². The SMILES string of the molecule is Cc1nc(-c2ccco2)ccc1C(=O)N(C)C1CCC(CO)CC1. The number of carbonyl (C=O) groups is 1. The van der Waals surface area contributed by atoms with E-state index in [1.165, 1.54) is 0 Å². The molecule has 2 aromatic rings. The first-order valence-corrected chi connectivity index (χ1v) is 8.49. The van der Waals surface area contributed by atoms with Gasteiger partial charge in [0.1, 0.15) is 5.69 Å². The molecule has 3 rings (SSSR count). The standard InChI is InChI=1S/C19H24N2O3/c1-13-16(9-10-17(20-13)18-4-3-11-24-18)19(23)21(2)15-7-5-14(12-22)6-8-15/h3-4,9-11,14-15,22H,5-8,12H2,1-2H3. The largest absolute Gasteiger partial charge is 0.463 e. The predicted molar refractivity (Wildman–Crippen MR) is 91.6 cm³/mol. The molecule has 0 spiro atoms. The van der Waals surface area contributed by atoms with Gasteiger partial charge < -0.3 is 14.4 Å². The van der Waals surface area contributed by atoms with Gasteiger partial charge in [-0.2, -0.15) is 0 Å². The smallest absolute Gasteiger partial charge is 0.255 e.